The smallest absolute Gasteiger partial charge is 0.295 e. The largest absolute Gasteiger partial charge is 0.335 e. The second-order valence-electron chi connectivity index (χ2n) is 5.82. The normalized spacial score (nSPS) is 13.2. The highest BCUT2D eigenvalue weighted by atomic mass is 35.5. The van der Waals surface area contributed by atoms with Crippen molar-refractivity contribution in [1.29, 1.82) is 0 Å². The summed E-state index contributed by atoms with van der Waals surface area (Å²) >= 11 is 12.3. The molecule has 3 rings (SSSR count). The summed E-state index contributed by atoms with van der Waals surface area (Å²) in [4.78, 5) is 20.6. The third kappa shape index (κ3) is 4.15. The number of halogens is 2. The van der Waals surface area contributed by atoms with E-state index in [4.69, 9.17) is 28.0 Å². The van der Waals surface area contributed by atoms with Crippen LogP contribution in [0, 0.1) is 10.1 Å². The van der Waals surface area contributed by atoms with Crippen molar-refractivity contribution in [3.05, 3.63) is 98.5 Å². The molecule has 134 valence electrons. The van der Waals surface area contributed by atoms with Crippen molar-refractivity contribution in [3.63, 3.8) is 0 Å². The van der Waals surface area contributed by atoms with Crippen LogP contribution in [0.1, 0.15) is 11.1 Å². The van der Waals surface area contributed by atoms with Crippen LogP contribution >= 0.6 is 23.2 Å². The summed E-state index contributed by atoms with van der Waals surface area (Å²) in [6.45, 7) is 0.191. The van der Waals surface area contributed by atoms with Gasteiger partial charge in [0.05, 0.1) is 12.9 Å². The highest BCUT2D eigenvalue weighted by Gasteiger charge is 2.38. The molecule has 1 heterocycles. The summed E-state index contributed by atoms with van der Waals surface area (Å²) < 4.78 is 1.74. The topological polar surface area (TPSA) is 70.2 Å². The molecule has 0 spiro atoms. The minimum absolute atomic E-state index is 0.187. The molecule has 0 amide bonds. The van der Waals surface area contributed by atoms with E-state index in [-0.39, 0.29) is 13.0 Å². The highest BCUT2D eigenvalue weighted by molar-refractivity contribution is 6.35. The first-order valence-electron chi connectivity index (χ1n) is 7.77. The molecule has 1 unspecified atom stereocenters. The lowest BCUT2D eigenvalue weighted by molar-refractivity contribution is -0.785. The number of rotatable bonds is 7. The van der Waals surface area contributed by atoms with Crippen LogP contribution in [0.25, 0.3) is 0 Å². The predicted molar refractivity (Wildman–Crippen MR) is 98.6 cm³/mol. The van der Waals surface area contributed by atoms with Gasteiger partial charge in [-0.05, 0) is 23.3 Å². The minimum atomic E-state index is -1.27. The summed E-state index contributed by atoms with van der Waals surface area (Å²) in [6, 6.07) is 14.1. The summed E-state index contributed by atoms with van der Waals surface area (Å²) in [7, 11) is 0. The number of hydrogen-bond acceptors (Lipinski definition) is 4. The number of imidazole rings is 1. The Morgan fingerprint density at radius 1 is 1.19 bits per heavy atom. The summed E-state index contributed by atoms with van der Waals surface area (Å²) in [5.74, 6) is 0. The van der Waals surface area contributed by atoms with E-state index in [0.717, 1.165) is 0 Å². The van der Waals surface area contributed by atoms with Crippen LogP contribution in [0.3, 0.4) is 0 Å². The molecule has 0 N–H and O–H groups in total. The van der Waals surface area contributed by atoms with Crippen LogP contribution < -0.4 is 0 Å². The Labute approximate surface area is 160 Å². The third-order valence-electron chi connectivity index (χ3n) is 4.04. The van der Waals surface area contributed by atoms with Crippen LogP contribution in [0.2, 0.25) is 10.0 Å². The van der Waals surface area contributed by atoms with Gasteiger partial charge in [-0.25, -0.2) is 4.98 Å². The van der Waals surface area contributed by atoms with Gasteiger partial charge >= 0.3 is 0 Å². The van der Waals surface area contributed by atoms with Crippen molar-refractivity contribution >= 4 is 23.2 Å². The number of nitrogens with zero attached hydrogens (tertiary/aromatic N) is 3. The summed E-state index contributed by atoms with van der Waals surface area (Å²) in [5.41, 5.74) is 0.0847. The summed E-state index contributed by atoms with van der Waals surface area (Å²) in [5, 5.41) is 11.5. The second-order valence-corrected chi connectivity index (χ2v) is 6.67. The van der Waals surface area contributed by atoms with E-state index in [9.17, 15) is 10.1 Å². The van der Waals surface area contributed by atoms with E-state index in [1.807, 2.05) is 18.2 Å². The second kappa shape index (κ2) is 7.76. The lowest BCUT2D eigenvalue weighted by Gasteiger charge is -2.32. The fourth-order valence-electron chi connectivity index (χ4n) is 2.90. The molecule has 26 heavy (non-hydrogen) atoms. The van der Waals surface area contributed by atoms with E-state index in [1.54, 1.807) is 53.6 Å². The number of aromatic nitrogens is 2. The van der Waals surface area contributed by atoms with Gasteiger partial charge in [-0.3, -0.25) is 0 Å². The average Bonchev–Trinajstić information content (AvgIpc) is 3.10. The Morgan fingerprint density at radius 2 is 1.96 bits per heavy atom. The van der Waals surface area contributed by atoms with Gasteiger partial charge in [-0.1, -0.05) is 59.6 Å². The molecule has 0 fully saturated rings. The van der Waals surface area contributed by atoms with Crippen LogP contribution in [-0.2, 0) is 23.4 Å². The molecule has 0 aliphatic heterocycles. The Balaban J connectivity index is 2.10. The molecule has 2 aromatic carbocycles. The van der Waals surface area contributed by atoms with Gasteiger partial charge in [-0.2, -0.15) is 0 Å². The molecule has 8 heteroatoms. The van der Waals surface area contributed by atoms with E-state index >= 15 is 0 Å². The van der Waals surface area contributed by atoms with Crippen molar-refractivity contribution in [3.8, 4) is 0 Å². The minimum Gasteiger partial charge on any atom is -0.335 e. The van der Waals surface area contributed by atoms with E-state index in [1.165, 1.54) is 0 Å². The Morgan fingerprint density at radius 3 is 2.58 bits per heavy atom. The molecule has 6 nitrogen and oxygen atoms in total. The van der Waals surface area contributed by atoms with Gasteiger partial charge in [0.25, 0.3) is 5.09 Å². The van der Waals surface area contributed by atoms with Crippen molar-refractivity contribution < 1.29 is 9.92 Å². The molecule has 0 aliphatic carbocycles. The molecule has 0 bridgehead atoms. The van der Waals surface area contributed by atoms with Gasteiger partial charge < -0.3 is 9.40 Å². The first kappa shape index (κ1) is 18.2. The first-order valence-corrected chi connectivity index (χ1v) is 8.53. The maximum atomic E-state index is 11.4. The third-order valence-corrected chi connectivity index (χ3v) is 4.62. The van der Waals surface area contributed by atoms with Crippen LogP contribution in [-0.4, -0.2) is 14.6 Å². The zero-order valence-electron chi connectivity index (χ0n) is 13.6. The maximum absolute atomic E-state index is 11.4. The van der Waals surface area contributed by atoms with Crippen molar-refractivity contribution in [1.82, 2.24) is 9.55 Å². The molecular formula is C18H15Cl2N3O3. The molecule has 1 aromatic heterocycles. The van der Waals surface area contributed by atoms with Crippen molar-refractivity contribution in [2.24, 2.45) is 0 Å². The zero-order chi connectivity index (χ0) is 18.6. The average molecular weight is 392 g/mol. The molecule has 0 saturated carbocycles. The molecular weight excluding hydrogens is 377 g/mol. The van der Waals surface area contributed by atoms with Crippen LogP contribution in [0.4, 0.5) is 0 Å². The van der Waals surface area contributed by atoms with Gasteiger partial charge in [0.1, 0.15) is 0 Å². The molecule has 0 aliphatic rings. The summed E-state index contributed by atoms with van der Waals surface area (Å²) in [6.07, 6.45) is 5.11. The molecule has 3 aromatic rings. The van der Waals surface area contributed by atoms with Crippen molar-refractivity contribution in [2.45, 2.75) is 18.6 Å². The SMILES string of the molecule is O=[N+]([O-])OC(Cc1ccc(Cl)cc1Cl)(Cn1ccnc1)c1ccccc1. The quantitative estimate of drug-likeness (QED) is 0.437. The fourth-order valence-corrected chi connectivity index (χ4v) is 3.37. The fraction of sp³-hybridized carbons (Fsp3) is 0.167. The zero-order valence-corrected chi connectivity index (χ0v) is 15.1. The maximum Gasteiger partial charge on any atom is 0.295 e. The van der Waals surface area contributed by atoms with E-state index < -0.39 is 10.7 Å². The standard InChI is InChI=1S/C18H15Cl2N3O3/c19-16-7-6-14(17(20)10-16)11-18(26-23(24)25,12-22-9-8-21-13-22)15-4-2-1-3-5-15/h1-10,13H,11-12H2. The van der Waals surface area contributed by atoms with E-state index in [0.29, 0.717) is 21.2 Å². The lowest BCUT2D eigenvalue weighted by Crippen LogP contribution is -2.39. The van der Waals surface area contributed by atoms with Gasteiger partial charge in [0, 0.05) is 28.9 Å². The van der Waals surface area contributed by atoms with E-state index in [2.05, 4.69) is 4.98 Å². The first-order chi connectivity index (χ1) is 12.5. The molecule has 0 saturated heterocycles. The molecule has 1 atom stereocenters. The lowest BCUT2D eigenvalue weighted by atomic mass is 9.86. The van der Waals surface area contributed by atoms with Crippen LogP contribution in [0.5, 0.6) is 0 Å². The monoisotopic (exact) mass is 391 g/mol. The number of hydrogen-bond donors (Lipinski definition) is 0. The Hall–Kier alpha value is -2.57. The Bertz CT molecular complexity index is 888. The van der Waals surface area contributed by atoms with Crippen LogP contribution in [0.15, 0.2) is 67.3 Å². The van der Waals surface area contributed by atoms with Crippen molar-refractivity contribution in [2.75, 3.05) is 0 Å². The van der Waals surface area contributed by atoms with Gasteiger partial charge in [0.2, 0.25) is 0 Å². The molecule has 0 radical (unpaired) electrons. The highest BCUT2D eigenvalue weighted by Crippen LogP contribution is 2.35. The van der Waals surface area contributed by atoms with Gasteiger partial charge in [0.15, 0.2) is 5.60 Å². The number of benzene rings is 2. The Kier molecular flexibility index (Phi) is 5.44. The van der Waals surface area contributed by atoms with Gasteiger partial charge in [-0.15, -0.1) is 10.1 Å². The predicted octanol–water partition coefficient (Wildman–Crippen LogP) is 4.54.